The molecule has 0 aromatic heterocycles. The molecule has 0 bridgehead atoms. The van der Waals surface area contributed by atoms with Crippen molar-refractivity contribution in [2.24, 2.45) is 0 Å². The molecule has 0 aromatic rings. The molecule has 2 amide bonds. The minimum Gasteiger partial charge on any atom is -0.481 e. The minimum absolute atomic E-state index is 0.0507. The van der Waals surface area contributed by atoms with Crippen LogP contribution in [0.2, 0.25) is 0 Å². The monoisotopic (exact) mass is 314 g/mol. The summed E-state index contributed by atoms with van der Waals surface area (Å²) in [7, 11) is 1.76. The topological polar surface area (TPSA) is 69.6 Å². The Morgan fingerprint density at radius 1 is 1.29 bits per heavy atom. The fourth-order valence-corrected chi connectivity index (χ4v) is 4.66. The summed E-state index contributed by atoms with van der Waals surface area (Å²) in [6.07, 6.45) is 7.17. The van der Waals surface area contributed by atoms with Crippen molar-refractivity contribution >= 4 is 23.8 Å². The lowest BCUT2D eigenvalue weighted by Gasteiger charge is -2.43. The molecule has 21 heavy (non-hydrogen) atoms. The molecular formula is C15H26N2O3S. The molecule has 120 valence electrons. The molecule has 0 radical (unpaired) electrons. The molecule has 1 aliphatic heterocycles. The Bertz CT molecular complexity index is 377. The van der Waals surface area contributed by atoms with Crippen LogP contribution in [0.25, 0.3) is 0 Å². The molecule has 1 unspecified atom stereocenters. The molecule has 0 aromatic carbocycles. The SMILES string of the molecule is CN(C(=O)NCC1CCCS1)C1(CC(=O)O)CCCCC1. The number of carbonyl (C=O) groups excluding carboxylic acids is 1. The Kier molecular flexibility index (Phi) is 5.79. The van der Waals surface area contributed by atoms with Crippen LogP contribution in [-0.4, -0.2) is 52.1 Å². The first-order chi connectivity index (χ1) is 10.0. The number of nitrogens with one attached hydrogen (secondary N) is 1. The van der Waals surface area contributed by atoms with Gasteiger partial charge in [0, 0.05) is 18.8 Å². The summed E-state index contributed by atoms with van der Waals surface area (Å²) in [5.41, 5.74) is -0.503. The maximum Gasteiger partial charge on any atom is 0.317 e. The predicted octanol–water partition coefficient (Wildman–Crippen LogP) is 2.70. The third-order valence-corrected chi connectivity index (χ3v) is 6.18. The maximum absolute atomic E-state index is 12.4. The van der Waals surface area contributed by atoms with Gasteiger partial charge in [-0.3, -0.25) is 4.79 Å². The van der Waals surface area contributed by atoms with Crippen LogP contribution in [0.5, 0.6) is 0 Å². The highest BCUT2D eigenvalue weighted by atomic mass is 32.2. The average molecular weight is 314 g/mol. The molecular weight excluding hydrogens is 288 g/mol. The zero-order chi connectivity index (χ0) is 15.3. The quantitative estimate of drug-likeness (QED) is 0.818. The number of carboxylic acids is 1. The van der Waals surface area contributed by atoms with Crippen LogP contribution in [0.3, 0.4) is 0 Å². The molecule has 1 atom stereocenters. The standard InChI is InChI=1S/C15H26N2O3S/c1-17(14(20)16-11-12-6-5-9-21-12)15(10-13(18)19)7-3-2-4-8-15/h12H,2-11H2,1H3,(H,16,20)(H,18,19). The number of carboxylic acid groups (broad SMARTS) is 1. The van der Waals surface area contributed by atoms with Crippen molar-refractivity contribution < 1.29 is 14.7 Å². The Morgan fingerprint density at radius 3 is 2.57 bits per heavy atom. The van der Waals surface area contributed by atoms with Crippen LogP contribution in [0.15, 0.2) is 0 Å². The van der Waals surface area contributed by atoms with E-state index >= 15 is 0 Å². The Balaban J connectivity index is 1.93. The number of amides is 2. The van der Waals surface area contributed by atoms with Crippen LogP contribution >= 0.6 is 11.8 Å². The molecule has 1 saturated heterocycles. The number of thioether (sulfide) groups is 1. The summed E-state index contributed by atoms with van der Waals surface area (Å²) in [6, 6.07) is -0.120. The van der Waals surface area contributed by atoms with Crippen LogP contribution in [0.1, 0.15) is 51.4 Å². The van der Waals surface area contributed by atoms with Crippen molar-refractivity contribution in [3.05, 3.63) is 0 Å². The molecule has 2 aliphatic rings. The minimum atomic E-state index is -0.817. The van der Waals surface area contributed by atoms with E-state index in [0.717, 1.165) is 38.5 Å². The number of hydrogen-bond donors (Lipinski definition) is 2. The van der Waals surface area contributed by atoms with E-state index in [-0.39, 0.29) is 12.5 Å². The predicted molar refractivity (Wildman–Crippen MR) is 84.7 cm³/mol. The molecule has 1 aliphatic carbocycles. The highest BCUT2D eigenvalue weighted by Crippen LogP contribution is 2.36. The summed E-state index contributed by atoms with van der Waals surface area (Å²) in [5, 5.41) is 12.7. The van der Waals surface area contributed by atoms with Gasteiger partial charge in [0.05, 0.1) is 12.0 Å². The molecule has 2 fully saturated rings. The van der Waals surface area contributed by atoms with Crippen molar-refractivity contribution in [1.29, 1.82) is 0 Å². The van der Waals surface area contributed by atoms with Gasteiger partial charge in [0.1, 0.15) is 0 Å². The van der Waals surface area contributed by atoms with Gasteiger partial charge in [-0.2, -0.15) is 11.8 Å². The third-order valence-electron chi connectivity index (χ3n) is 4.79. The summed E-state index contributed by atoms with van der Waals surface area (Å²) in [4.78, 5) is 25.3. The number of nitrogens with zero attached hydrogens (tertiary/aromatic N) is 1. The number of hydrogen-bond acceptors (Lipinski definition) is 3. The zero-order valence-corrected chi connectivity index (χ0v) is 13.6. The zero-order valence-electron chi connectivity index (χ0n) is 12.8. The second kappa shape index (κ2) is 7.38. The van der Waals surface area contributed by atoms with E-state index in [1.54, 1.807) is 11.9 Å². The number of rotatable bonds is 5. The van der Waals surface area contributed by atoms with Crippen molar-refractivity contribution in [2.45, 2.75) is 62.2 Å². The van der Waals surface area contributed by atoms with Crippen LogP contribution in [-0.2, 0) is 4.79 Å². The van der Waals surface area contributed by atoms with Gasteiger partial charge in [-0.1, -0.05) is 19.3 Å². The first kappa shape index (κ1) is 16.5. The molecule has 5 nitrogen and oxygen atoms in total. The van der Waals surface area contributed by atoms with E-state index in [1.165, 1.54) is 12.2 Å². The lowest BCUT2D eigenvalue weighted by atomic mass is 9.78. The van der Waals surface area contributed by atoms with E-state index in [2.05, 4.69) is 5.32 Å². The van der Waals surface area contributed by atoms with Gasteiger partial charge in [0.15, 0.2) is 0 Å². The smallest absolute Gasteiger partial charge is 0.317 e. The molecule has 2 N–H and O–H groups in total. The number of urea groups is 1. The van der Waals surface area contributed by atoms with E-state index in [1.807, 2.05) is 11.8 Å². The third kappa shape index (κ3) is 4.28. The first-order valence-electron chi connectivity index (χ1n) is 7.88. The second-order valence-electron chi connectivity index (χ2n) is 6.24. The molecule has 2 rings (SSSR count). The first-order valence-corrected chi connectivity index (χ1v) is 8.93. The lowest BCUT2D eigenvalue weighted by molar-refractivity contribution is -0.140. The largest absolute Gasteiger partial charge is 0.481 e. The van der Waals surface area contributed by atoms with Gasteiger partial charge in [-0.05, 0) is 31.4 Å². The van der Waals surface area contributed by atoms with E-state index in [9.17, 15) is 14.7 Å². The average Bonchev–Trinajstić information content (AvgIpc) is 2.97. The Hall–Kier alpha value is -0.910. The van der Waals surface area contributed by atoms with Crippen LogP contribution in [0.4, 0.5) is 4.79 Å². The summed E-state index contributed by atoms with van der Waals surface area (Å²) in [5.74, 6) is 0.363. The maximum atomic E-state index is 12.4. The van der Waals surface area contributed by atoms with E-state index < -0.39 is 11.5 Å². The summed E-state index contributed by atoms with van der Waals surface area (Å²) < 4.78 is 0. The van der Waals surface area contributed by atoms with Crippen LogP contribution in [0, 0.1) is 0 Å². The van der Waals surface area contributed by atoms with E-state index in [0.29, 0.717) is 11.8 Å². The van der Waals surface area contributed by atoms with Crippen LogP contribution < -0.4 is 5.32 Å². The summed E-state index contributed by atoms with van der Waals surface area (Å²) in [6.45, 7) is 0.691. The lowest BCUT2D eigenvalue weighted by Crippen LogP contribution is -2.55. The molecule has 1 saturated carbocycles. The van der Waals surface area contributed by atoms with Gasteiger partial charge in [-0.25, -0.2) is 4.79 Å². The summed E-state index contributed by atoms with van der Waals surface area (Å²) >= 11 is 1.91. The van der Waals surface area contributed by atoms with Crippen molar-refractivity contribution in [3.8, 4) is 0 Å². The fraction of sp³-hybridized carbons (Fsp3) is 0.867. The van der Waals surface area contributed by atoms with Crippen molar-refractivity contribution in [3.63, 3.8) is 0 Å². The van der Waals surface area contributed by atoms with Gasteiger partial charge < -0.3 is 15.3 Å². The van der Waals surface area contributed by atoms with E-state index in [4.69, 9.17) is 0 Å². The fourth-order valence-electron chi connectivity index (χ4n) is 3.46. The second-order valence-corrected chi connectivity index (χ2v) is 7.64. The normalized spacial score (nSPS) is 24.5. The Morgan fingerprint density at radius 2 is 2.00 bits per heavy atom. The van der Waals surface area contributed by atoms with Crippen molar-refractivity contribution in [1.82, 2.24) is 10.2 Å². The number of carbonyl (C=O) groups is 2. The van der Waals surface area contributed by atoms with Gasteiger partial charge in [0.2, 0.25) is 0 Å². The van der Waals surface area contributed by atoms with Gasteiger partial charge in [0.25, 0.3) is 0 Å². The molecule has 0 spiro atoms. The van der Waals surface area contributed by atoms with Crippen molar-refractivity contribution in [2.75, 3.05) is 19.3 Å². The molecule has 6 heteroatoms. The highest BCUT2D eigenvalue weighted by molar-refractivity contribution is 8.00. The Labute approximate surface area is 130 Å². The molecule has 1 heterocycles. The number of aliphatic carboxylic acids is 1. The highest BCUT2D eigenvalue weighted by Gasteiger charge is 2.40. The van der Waals surface area contributed by atoms with Gasteiger partial charge >= 0.3 is 12.0 Å². The van der Waals surface area contributed by atoms with Gasteiger partial charge in [-0.15, -0.1) is 0 Å².